The predicted octanol–water partition coefficient (Wildman–Crippen LogP) is 2.47. The SMILES string of the molecule is Cc1cnc(Nc2ccc(C#N)cc2)nc1N(C)C. The summed E-state index contributed by atoms with van der Waals surface area (Å²) in [5.74, 6) is 1.42. The number of benzene rings is 1. The van der Waals surface area contributed by atoms with Crippen molar-refractivity contribution >= 4 is 17.5 Å². The Kier molecular flexibility index (Phi) is 3.62. The maximum atomic E-state index is 8.75. The Morgan fingerprint density at radius 2 is 1.89 bits per heavy atom. The first-order chi connectivity index (χ1) is 9.10. The molecule has 0 saturated carbocycles. The molecule has 19 heavy (non-hydrogen) atoms. The van der Waals surface area contributed by atoms with Crippen molar-refractivity contribution in [3.63, 3.8) is 0 Å². The summed E-state index contributed by atoms with van der Waals surface area (Å²) in [4.78, 5) is 10.6. The van der Waals surface area contributed by atoms with Crippen LogP contribution in [0.5, 0.6) is 0 Å². The van der Waals surface area contributed by atoms with E-state index in [4.69, 9.17) is 5.26 Å². The number of hydrogen-bond donors (Lipinski definition) is 1. The molecular weight excluding hydrogens is 238 g/mol. The summed E-state index contributed by atoms with van der Waals surface area (Å²) in [6.07, 6.45) is 1.79. The fourth-order valence-electron chi connectivity index (χ4n) is 1.70. The lowest BCUT2D eigenvalue weighted by Crippen LogP contribution is -2.13. The molecule has 0 radical (unpaired) electrons. The van der Waals surface area contributed by atoms with Gasteiger partial charge in [0.2, 0.25) is 5.95 Å². The van der Waals surface area contributed by atoms with Crippen molar-refractivity contribution in [1.82, 2.24) is 9.97 Å². The zero-order valence-electron chi connectivity index (χ0n) is 11.2. The Bertz CT molecular complexity index is 611. The largest absolute Gasteiger partial charge is 0.362 e. The minimum atomic E-state index is 0.541. The van der Waals surface area contributed by atoms with E-state index in [1.54, 1.807) is 18.3 Å². The van der Waals surface area contributed by atoms with Gasteiger partial charge < -0.3 is 10.2 Å². The molecule has 0 amide bonds. The Balaban J connectivity index is 2.23. The number of aromatic nitrogens is 2. The molecule has 1 N–H and O–H groups in total. The molecule has 5 heteroatoms. The van der Waals surface area contributed by atoms with E-state index in [2.05, 4.69) is 21.4 Å². The third kappa shape index (κ3) is 2.99. The fourth-order valence-corrected chi connectivity index (χ4v) is 1.70. The molecule has 0 aliphatic heterocycles. The number of hydrogen-bond acceptors (Lipinski definition) is 5. The highest BCUT2D eigenvalue weighted by molar-refractivity contribution is 5.57. The van der Waals surface area contributed by atoms with Crippen LogP contribution in [0, 0.1) is 18.3 Å². The maximum absolute atomic E-state index is 8.75. The van der Waals surface area contributed by atoms with E-state index in [9.17, 15) is 0 Å². The van der Waals surface area contributed by atoms with Crippen molar-refractivity contribution in [3.8, 4) is 6.07 Å². The molecule has 96 valence electrons. The van der Waals surface area contributed by atoms with Gasteiger partial charge in [0.25, 0.3) is 0 Å². The minimum Gasteiger partial charge on any atom is -0.362 e. The van der Waals surface area contributed by atoms with E-state index in [-0.39, 0.29) is 0 Å². The van der Waals surface area contributed by atoms with Gasteiger partial charge in [0, 0.05) is 31.5 Å². The lowest BCUT2D eigenvalue weighted by Gasteiger charge is -2.15. The standard InChI is InChI=1S/C14H15N5/c1-10-9-16-14(18-13(10)19(2)3)17-12-6-4-11(8-15)5-7-12/h4-7,9H,1-3H3,(H,16,17,18). The van der Waals surface area contributed by atoms with E-state index in [1.165, 1.54) is 0 Å². The van der Waals surface area contributed by atoms with Crippen molar-refractivity contribution < 1.29 is 0 Å². The Morgan fingerprint density at radius 1 is 1.21 bits per heavy atom. The number of nitrogens with zero attached hydrogens (tertiary/aromatic N) is 4. The van der Waals surface area contributed by atoms with E-state index in [1.807, 2.05) is 38.1 Å². The first-order valence-electron chi connectivity index (χ1n) is 5.88. The smallest absolute Gasteiger partial charge is 0.229 e. The molecule has 0 bridgehead atoms. The Labute approximate surface area is 112 Å². The molecule has 1 aromatic carbocycles. The monoisotopic (exact) mass is 253 g/mol. The van der Waals surface area contributed by atoms with Crippen LogP contribution in [0.3, 0.4) is 0 Å². The van der Waals surface area contributed by atoms with Crippen molar-refractivity contribution in [2.45, 2.75) is 6.92 Å². The van der Waals surface area contributed by atoms with Gasteiger partial charge in [-0.1, -0.05) is 0 Å². The molecule has 1 heterocycles. The third-order valence-corrected chi connectivity index (χ3v) is 2.64. The molecule has 0 unspecified atom stereocenters. The van der Waals surface area contributed by atoms with E-state index < -0.39 is 0 Å². The van der Waals surface area contributed by atoms with Crippen molar-refractivity contribution in [3.05, 3.63) is 41.6 Å². The van der Waals surface area contributed by atoms with Gasteiger partial charge in [0.05, 0.1) is 11.6 Å². The lowest BCUT2D eigenvalue weighted by atomic mass is 10.2. The van der Waals surface area contributed by atoms with Crippen LogP contribution in [-0.2, 0) is 0 Å². The first kappa shape index (κ1) is 12.8. The predicted molar refractivity (Wildman–Crippen MR) is 75.5 cm³/mol. The number of nitrogens with one attached hydrogen (secondary N) is 1. The first-order valence-corrected chi connectivity index (χ1v) is 5.88. The number of anilines is 3. The summed E-state index contributed by atoms with van der Waals surface area (Å²) in [6, 6.07) is 9.25. The number of nitriles is 1. The quantitative estimate of drug-likeness (QED) is 0.910. The van der Waals surface area contributed by atoms with Gasteiger partial charge >= 0.3 is 0 Å². The summed E-state index contributed by atoms with van der Waals surface area (Å²) in [6.45, 7) is 1.97. The number of aryl methyl sites for hydroxylation is 1. The van der Waals surface area contributed by atoms with Gasteiger partial charge in [0.15, 0.2) is 0 Å². The van der Waals surface area contributed by atoms with Gasteiger partial charge in [-0.3, -0.25) is 0 Å². The molecule has 0 fully saturated rings. The Morgan fingerprint density at radius 3 is 2.47 bits per heavy atom. The van der Waals surface area contributed by atoms with Gasteiger partial charge in [-0.15, -0.1) is 0 Å². The van der Waals surface area contributed by atoms with Crippen LogP contribution >= 0.6 is 0 Å². The topological polar surface area (TPSA) is 64.8 Å². The summed E-state index contributed by atoms with van der Waals surface area (Å²) in [5, 5.41) is 11.9. The molecule has 0 saturated heterocycles. The van der Waals surface area contributed by atoms with Crippen LogP contribution in [0.4, 0.5) is 17.5 Å². The van der Waals surface area contributed by atoms with E-state index >= 15 is 0 Å². The van der Waals surface area contributed by atoms with Gasteiger partial charge in [-0.25, -0.2) is 4.98 Å². The second kappa shape index (κ2) is 5.36. The van der Waals surface area contributed by atoms with Gasteiger partial charge in [-0.05, 0) is 31.2 Å². The summed E-state index contributed by atoms with van der Waals surface area (Å²) in [5.41, 5.74) is 2.51. The van der Waals surface area contributed by atoms with Crippen molar-refractivity contribution in [2.24, 2.45) is 0 Å². The molecule has 1 aromatic heterocycles. The molecule has 0 spiro atoms. The maximum Gasteiger partial charge on any atom is 0.229 e. The molecule has 2 aromatic rings. The van der Waals surface area contributed by atoms with Crippen molar-refractivity contribution in [2.75, 3.05) is 24.3 Å². The highest BCUT2D eigenvalue weighted by Gasteiger charge is 2.05. The second-order valence-electron chi connectivity index (χ2n) is 4.41. The van der Waals surface area contributed by atoms with Crippen LogP contribution < -0.4 is 10.2 Å². The van der Waals surface area contributed by atoms with Crippen LogP contribution in [0.1, 0.15) is 11.1 Å². The molecule has 0 aliphatic rings. The van der Waals surface area contributed by atoms with Gasteiger partial charge in [0.1, 0.15) is 5.82 Å². The zero-order chi connectivity index (χ0) is 13.8. The van der Waals surface area contributed by atoms with E-state index in [0.717, 1.165) is 17.1 Å². The van der Waals surface area contributed by atoms with E-state index in [0.29, 0.717) is 11.5 Å². The lowest BCUT2D eigenvalue weighted by molar-refractivity contribution is 1.02. The number of rotatable bonds is 3. The normalized spacial score (nSPS) is 9.79. The van der Waals surface area contributed by atoms with Crippen LogP contribution in [-0.4, -0.2) is 24.1 Å². The zero-order valence-corrected chi connectivity index (χ0v) is 11.2. The molecule has 0 aliphatic carbocycles. The molecule has 5 nitrogen and oxygen atoms in total. The highest BCUT2D eigenvalue weighted by Crippen LogP contribution is 2.18. The Hall–Kier alpha value is -2.61. The average Bonchev–Trinajstić information content (AvgIpc) is 2.41. The second-order valence-corrected chi connectivity index (χ2v) is 4.41. The summed E-state index contributed by atoms with van der Waals surface area (Å²) in [7, 11) is 3.89. The minimum absolute atomic E-state index is 0.541. The summed E-state index contributed by atoms with van der Waals surface area (Å²) >= 11 is 0. The highest BCUT2D eigenvalue weighted by atomic mass is 15.2. The van der Waals surface area contributed by atoms with Gasteiger partial charge in [-0.2, -0.15) is 10.2 Å². The average molecular weight is 253 g/mol. The van der Waals surface area contributed by atoms with Crippen LogP contribution in [0.15, 0.2) is 30.5 Å². The summed E-state index contributed by atoms with van der Waals surface area (Å²) < 4.78 is 0. The molecular formula is C14H15N5. The van der Waals surface area contributed by atoms with Crippen LogP contribution in [0.2, 0.25) is 0 Å². The molecule has 2 rings (SSSR count). The fraction of sp³-hybridized carbons (Fsp3) is 0.214. The van der Waals surface area contributed by atoms with Crippen LogP contribution in [0.25, 0.3) is 0 Å². The molecule has 0 atom stereocenters. The third-order valence-electron chi connectivity index (χ3n) is 2.64. The van der Waals surface area contributed by atoms with Crippen molar-refractivity contribution in [1.29, 1.82) is 5.26 Å².